The molecule has 3 rings (SSSR count). The summed E-state index contributed by atoms with van der Waals surface area (Å²) >= 11 is 12.3. The minimum Gasteiger partial charge on any atom is -0.483 e. The fraction of sp³-hybridized carbons (Fsp3) is 0.190. The zero-order valence-corrected chi connectivity index (χ0v) is 17.6. The summed E-state index contributed by atoms with van der Waals surface area (Å²) in [4.78, 5) is 30.5. The lowest BCUT2D eigenvalue weighted by Gasteiger charge is -2.16. The third-order valence-corrected chi connectivity index (χ3v) is 4.93. The molecule has 8 heteroatoms. The summed E-state index contributed by atoms with van der Waals surface area (Å²) in [6.45, 7) is 1.75. The Kier molecular flexibility index (Phi) is 6.25. The number of aryl methyl sites for hydroxylation is 1. The van der Waals surface area contributed by atoms with Gasteiger partial charge in [-0.25, -0.2) is 0 Å². The molecule has 6 nitrogen and oxygen atoms in total. The molecule has 0 unspecified atom stereocenters. The summed E-state index contributed by atoms with van der Waals surface area (Å²) in [5.74, 6) is -0.0648. The molecule has 0 aliphatic carbocycles. The fourth-order valence-electron chi connectivity index (χ4n) is 2.75. The van der Waals surface area contributed by atoms with Crippen molar-refractivity contribution in [2.45, 2.75) is 6.92 Å². The van der Waals surface area contributed by atoms with E-state index in [0.29, 0.717) is 22.3 Å². The van der Waals surface area contributed by atoms with Crippen LogP contribution in [-0.2, 0) is 4.79 Å². The van der Waals surface area contributed by atoms with Gasteiger partial charge in [-0.15, -0.1) is 0 Å². The molecular weight excluding hydrogens is 413 g/mol. The largest absolute Gasteiger partial charge is 0.483 e. The average Bonchev–Trinajstić information content (AvgIpc) is 2.66. The van der Waals surface area contributed by atoms with Crippen molar-refractivity contribution in [2.75, 3.05) is 26.0 Å². The van der Waals surface area contributed by atoms with Crippen molar-refractivity contribution < 1.29 is 14.3 Å². The number of hydrogen-bond donors (Lipinski definition) is 1. The first-order valence-corrected chi connectivity index (χ1v) is 9.52. The van der Waals surface area contributed by atoms with Crippen LogP contribution in [0.15, 0.2) is 42.6 Å². The van der Waals surface area contributed by atoms with Crippen LogP contribution in [0.5, 0.6) is 5.75 Å². The molecule has 150 valence electrons. The molecule has 0 aliphatic rings. The lowest BCUT2D eigenvalue weighted by molar-refractivity contribution is -0.130. The van der Waals surface area contributed by atoms with E-state index in [1.807, 2.05) is 13.0 Å². The molecule has 1 heterocycles. The fourth-order valence-corrected chi connectivity index (χ4v) is 3.32. The quantitative estimate of drug-likeness (QED) is 0.641. The zero-order chi connectivity index (χ0) is 21.1. The lowest BCUT2D eigenvalue weighted by atomic mass is 10.1. The number of nitrogens with one attached hydrogen (secondary N) is 1. The van der Waals surface area contributed by atoms with E-state index in [0.717, 1.165) is 5.56 Å². The Bertz CT molecular complexity index is 1080. The Morgan fingerprint density at radius 3 is 2.41 bits per heavy atom. The van der Waals surface area contributed by atoms with Gasteiger partial charge in [-0.2, -0.15) is 0 Å². The molecule has 1 N–H and O–H groups in total. The van der Waals surface area contributed by atoms with Crippen molar-refractivity contribution in [3.63, 3.8) is 0 Å². The van der Waals surface area contributed by atoms with Crippen molar-refractivity contribution in [2.24, 2.45) is 0 Å². The molecule has 0 spiro atoms. The van der Waals surface area contributed by atoms with Gasteiger partial charge in [0.1, 0.15) is 5.75 Å². The van der Waals surface area contributed by atoms with Gasteiger partial charge in [0.2, 0.25) is 0 Å². The average molecular weight is 432 g/mol. The lowest BCUT2D eigenvalue weighted by Crippen LogP contribution is -2.27. The Hall–Kier alpha value is -2.83. The molecule has 0 radical (unpaired) electrons. The summed E-state index contributed by atoms with van der Waals surface area (Å²) in [5, 5.41) is 4.00. The first-order chi connectivity index (χ1) is 13.8. The molecule has 0 bridgehead atoms. The van der Waals surface area contributed by atoms with Crippen LogP contribution in [-0.4, -0.2) is 42.4 Å². The number of pyridine rings is 1. The molecule has 0 saturated heterocycles. The maximum Gasteiger partial charge on any atom is 0.259 e. The standard InChI is InChI=1S/C21H19Cl2N3O3/c1-12-10-24-19-13(20(12)29-11-17(27)26(2)3)6-4-9-16(19)25-21(28)18-14(22)7-5-8-15(18)23/h4-10H,11H2,1-3H3,(H,25,28). The molecule has 29 heavy (non-hydrogen) atoms. The number of hydrogen-bond acceptors (Lipinski definition) is 4. The van der Waals surface area contributed by atoms with Crippen molar-refractivity contribution in [1.29, 1.82) is 0 Å². The molecule has 3 aromatic rings. The number of carbonyl (C=O) groups excluding carboxylic acids is 2. The Morgan fingerprint density at radius 2 is 1.76 bits per heavy atom. The predicted octanol–water partition coefficient (Wildman–Crippen LogP) is 4.57. The van der Waals surface area contributed by atoms with Crippen LogP contribution >= 0.6 is 23.2 Å². The Balaban J connectivity index is 1.97. The maximum atomic E-state index is 12.8. The molecule has 1 aromatic heterocycles. The molecule has 2 aromatic carbocycles. The van der Waals surface area contributed by atoms with Gasteiger partial charge in [-0.3, -0.25) is 14.6 Å². The first-order valence-electron chi connectivity index (χ1n) is 8.76. The summed E-state index contributed by atoms with van der Waals surface area (Å²) in [6, 6.07) is 10.2. The summed E-state index contributed by atoms with van der Waals surface area (Å²) in [6.07, 6.45) is 1.63. The van der Waals surface area contributed by atoms with E-state index in [-0.39, 0.29) is 28.1 Å². The van der Waals surface area contributed by atoms with Gasteiger partial charge in [0.15, 0.2) is 6.61 Å². The van der Waals surface area contributed by atoms with Crippen molar-refractivity contribution in [3.8, 4) is 5.75 Å². The Labute approximate surface area is 178 Å². The van der Waals surface area contributed by atoms with Crippen LogP contribution in [0.3, 0.4) is 0 Å². The number of aromatic nitrogens is 1. The number of amides is 2. The molecule has 0 aliphatic heterocycles. The second kappa shape index (κ2) is 8.68. The van der Waals surface area contributed by atoms with Gasteiger partial charge in [0, 0.05) is 31.2 Å². The number of para-hydroxylation sites is 1. The topological polar surface area (TPSA) is 71.5 Å². The van der Waals surface area contributed by atoms with Gasteiger partial charge in [-0.1, -0.05) is 35.3 Å². The monoisotopic (exact) mass is 431 g/mol. The number of rotatable bonds is 5. The third-order valence-electron chi connectivity index (χ3n) is 4.30. The summed E-state index contributed by atoms with van der Waals surface area (Å²) in [7, 11) is 3.33. The zero-order valence-electron chi connectivity index (χ0n) is 16.1. The first kappa shape index (κ1) is 20.9. The van der Waals surface area contributed by atoms with E-state index in [1.165, 1.54) is 4.90 Å². The van der Waals surface area contributed by atoms with Gasteiger partial charge < -0.3 is 15.0 Å². The number of ether oxygens (including phenoxy) is 1. The minimum absolute atomic E-state index is 0.0984. The van der Waals surface area contributed by atoms with Gasteiger partial charge >= 0.3 is 0 Å². The summed E-state index contributed by atoms with van der Waals surface area (Å²) < 4.78 is 5.77. The van der Waals surface area contributed by atoms with E-state index in [2.05, 4.69) is 10.3 Å². The van der Waals surface area contributed by atoms with Crippen LogP contribution < -0.4 is 10.1 Å². The van der Waals surface area contributed by atoms with Crippen molar-refractivity contribution in [1.82, 2.24) is 9.88 Å². The van der Waals surface area contributed by atoms with E-state index in [9.17, 15) is 9.59 Å². The molecule has 0 atom stereocenters. The number of anilines is 1. The number of carbonyl (C=O) groups is 2. The third kappa shape index (κ3) is 4.44. The predicted molar refractivity (Wildman–Crippen MR) is 115 cm³/mol. The number of nitrogens with zero attached hydrogens (tertiary/aromatic N) is 2. The smallest absolute Gasteiger partial charge is 0.259 e. The number of halogens is 2. The SMILES string of the molecule is Cc1cnc2c(NC(=O)c3c(Cl)cccc3Cl)cccc2c1OCC(=O)N(C)C. The van der Waals surface area contributed by atoms with E-state index in [4.69, 9.17) is 27.9 Å². The number of benzene rings is 2. The number of likely N-dealkylation sites (N-methyl/N-ethyl adjacent to an activating group) is 1. The molecule has 2 amide bonds. The van der Waals surface area contributed by atoms with Crippen molar-refractivity contribution >= 4 is 51.6 Å². The van der Waals surface area contributed by atoms with E-state index in [1.54, 1.807) is 50.6 Å². The van der Waals surface area contributed by atoms with Gasteiger partial charge in [0.05, 0.1) is 26.8 Å². The highest BCUT2D eigenvalue weighted by atomic mass is 35.5. The van der Waals surface area contributed by atoms with Crippen molar-refractivity contribution in [3.05, 3.63) is 63.8 Å². The normalized spacial score (nSPS) is 10.7. The second-order valence-corrected chi connectivity index (χ2v) is 7.41. The highest BCUT2D eigenvalue weighted by molar-refractivity contribution is 6.40. The van der Waals surface area contributed by atoms with Crippen LogP contribution in [0.1, 0.15) is 15.9 Å². The number of fused-ring (bicyclic) bond motifs is 1. The van der Waals surface area contributed by atoms with Crippen LogP contribution in [0.2, 0.25) is 10.0 Å². The Morgan fingerprint density at radius 1 is 1.10 bits per heavy atom. The highest BCUT2D eigenvalue weighted by Crippen LogP contribution is 2.33. The molecule has 0 fully saturated rings. The maximum absolute atomic E-state index is 12.8. The highest BCUT2D eigenvalue weighted by Gasteiger charge is 2.18. The van der Waals surface area contributed by atoms with Gasteiger partial charge in [-0.05, 0) is 31.2 Å². The molecule has 0 saturated carbocycles. The van der Waals surface area contributed by atoms with E-state index >= 15 is 0 Å². The van der Waals surface area contributed by atoms with Crippen LogP contribution in [0.4, 0.5) is 5.69 Å². The summed E-state index contributed by atoms with van der Waals surface area (Å²) in [5.41, 5.74) is 1.98. The van der Waals surface area contributed by atoms with E-state index < -0.39 is 5.91 Å². The van der Waals surface area contributed by atoms with Crippen LogP contribution in [0.25, 0.3) is 10.9 Å². The van der Waals surface area contributed by atoms with Gasteiger partial charge in [0.25, 0.3) is 11.8 Å². The minimum atomic E-state index is -0.444. The second-order valence-electron chi connectivity index (χ2n) is 6.60. The molecular formula is C21H19Cl2N3O3. The van der Waals surface area contributed by atoms with Crippen LogP contribution in [0, 0.1) is 6.92 Å².